The van der Waals surface area contributed by atoms with E-state index >= 15 is 0 Å². The van der Waals surface area contributed by atoms with Crippen molar-refractivity contribution in [1.82, 2.24) is 0 Å². The summed E-state index contributed by atoms with van der Waals surface area (Å²) in [6.07, 6.45) is 53.8. The molecule has 92 heavy (non-hydrogen) atoms. The maximum Gasteiger partial charge on any atom is 0.472 e. The van der Waals surface area contributed by atoms with Crippen molar-refractivity contribution in [2.24, 2.45) is 5.92 Å². The molecule has 0 aromatic rings. The van der Waals surface area contributed by atoms with Gasteiger partial charge in [-0.15, -0.1) is 0 Å². The number of carbonyl (C=O) groups excluding carboxylic acids is 4. The Morgan fingerprint density at radius 3 is 0.772 bits per heavy atom. The lowest BCUT2D eigenvalue weighted by Gasteiger charge is -2.21. The first-order valence-electron chi connectivity index (χ1n) is 38.2. The number of rotatable bonds is 73. The van der Waals surface area contributed by atoms with Crippen molar-refractivity contribution in [1.29, 1.82) is 0 Å². The third kappa shape index (κ3) is 65.4. The first-order chi connectivity index (χ1) is 44.6. The highest BCUT2D eigenvalue weighted by atomic mass is 31.2. The highest BCUT2D eigenvalue weighted by Gasteiger charge is 2.30. The Morgan fingerprint density at radius 1 is 0.304 bits per heavy atom. The van der Waals surface area contributed by atoms with Gasteiger partial charge in [0.1, 0.15) is 19.3 Å². The summed E-state index contributed by atoms with van der Waals surface area (Å²) in [4.78, 5) is 72.7. The lowest BCUT2D eigenvalue weighted by atomic mass is 9.99. The first-order valence-corrected chi connectivity index (χ1v) is 41.2. The van der Waals surface area contributed by atoms with Crippen molar-refractivity contribution < 1.29 is 80.2 Å². The highest BCUT2D eigenvalue weighted by Crippen LogP contribution is 2.45. The molecule has 0 aliphatic carbocycles. The van der Waals surface area contributed by atoms with Gasteiger partial charge in [-0.3, -0.25) is 37.3 Å². The molecule has 0 aromatic carbocycles. The molecule has 0 radical (unpaired) electrons. The van der Waals surface area contributed by atoms with Gasteiger partial charge in [-0.1, -0.05) is 330 Å². The zero-order chi connectivity index (χ0) is 67.7. The third-order valence-corrected chi connectivity index (χ3v) is 19.3. The quantitative estimate of drug-likeness (QED) is 0.0222. The van der Waals surface area contributed by atoms with Crippen LogP contribution < -0.4 is 0 Å². The van der Waals surface area contributed by atoms with Crippen LogP contribution in [0.2, 0.25) is 0 Å². The Labute approximate surface area is 562 Å². The standard InChI is InChI=1S/C73H142O17P2/c1-6-10-13-16-19-22-25-28-31-37-42-47-52-57-71(76)84-63-69(90-73(78)59-54-49-44-39-34-33-35-40-45-50-55-66(5)9-4)65-88-92(81,82)86-61-67(74)60-85-91(79,80)87-64-68(62-83-70(75)56-51-46-41-36-30-27-24-21-18-15-12-8-3)89-72(77)58-53-48-43-38-32-29-26-23-20-17-14-11-7-2/h66-69,74H,6-65H2,1-5H3,(H,79,80)(H,81,82)/t66?,67-,68+,69+/m0/s1. The SMILES string of the molecule is CCCCCCCCCCCCCCCC(=O)OC[C@H](COP(=O)(O)OC[C@@H](O)COP(=O)(O)OC[C@@H](COC(=O)CCCCCCCCCCCCCC)OC(=O)CCCCCCCCCCCCCCC)OC(=O)CCCCCCCCCCCCC(C)CC. The lowest BCUT2D eigenvalue weighted by molar-refractivity contribution is -0.161. The summed E-state index contributed by atoms with van der Waals surface area (Å²) in [6, 6.07) is 0. The second-order valence-electron chi connectivity index (χ2n) is 26.6. The molecule has 0 spiro atoms. The van der Waals surface area contributed by atoms with Crippen molar-refractivity contribution in [3.8, 4) is 0 Å². The van der Waals surface area contributed by atoms with Gasteiger partial charge in [0.25, 0.3) is 0 Å². The fourth-order valence-corrected chi connectivity index (χ4v) is 12.7. The molecule has 19 heteroatoms. The van der Waals surface area contributed by atoms with Gasteiger partial charge >= 0.3 is 39.5 Å². The minimum absolute atomic E-state index is 0.107. The molecule has 546 valence electrons. The molecule has 0 aliphatic rings. The fourth-order valence-electron chi connectivity index (χ4n) is 11.1. The predicted molar refractivity (Wildman–Crippen MR) is 372 cm³/mol. The number of hydrogen-bond acceptors (Lipinski definition) is 15. The minimum Gasteiger partial charge on any atom is -0.462 e. The van der Waals surface area contributed by atoms with Crippen LogP contribution in [0.3, 0.4) is 0 Å². The minimum atomic E-state index is -4.95. The summed E-state index contributed by atoms with van der Waals surface area (Å²) < 4.78 is 68.4. The molecular formula is C73H142O17P2. The Balaban J connectivity index is 5.27. The zero-order valence-corrected chi connectivity index (χ0v) is 61.5. The van der Waals surface area contributed by atoms with Crippen LogP contribution in [-0.4, -0.2) is 96.7 Å². The van der Waals surface area contributed by atoms with Crippen LogP contribution in [0.5, 0.6) is 0 Å². The molecule has 3 N–H and O–H groups in total. The van der Waals surface area contributed by atoms with Crippen molar-refractivity contribution in [2.45, 2.75) is 400 Å². The number of hydrogen-bond donors (Lipinski definition) is 3. The van der Waals surface area contributed by atoms with E-state index in [1.54, 1.807) is 0 Å². The molecule has 0 fully saturated rings. The Kier molecular flexibility index (Phi) is 64.9. The normalized spacial score (nSPS) is 14.3. The summed E-state index contributed by atoms with van der Waals surface area (Å²) in [7, 11) is -9.90. The lowest BCUT2D eigenvalue weighted by Crippen LogP contribution is -2.30. The maximum atomic E-state index is 13.0. The number of aliphatic hydroxyl groups is 1. The van der Waals surface area contributed by atoms with E-state index in [1.807, 2.05) is 0 Å². The topological polar surface area (TPSA) is 237 Å². The van der Waals surface area contributed by atoms with E-state index in [4.69, 9.17) is 37.0 Å². The van der Waals surface area contributed by atoms with E-state index in [1.165, 1.54) is 205 Å². The second-order valence-corrected chi connectivity index (χ2v) is 29.5. The van der Waals surface area contributed by atoms with Gasteiger partial charge in [0.05, 0.1) is 26.4 Å². The van der Waals surface area contributed by atoms with Gasteiger partial charge in [-0.25, -0.2) is 9.13 Å². The molecule has 3 unspecified atom stereocenters. The van der Waals surface area contributed by atoms with E-state index in [2.05, 4.69) is 34.6 Å². The molecular weight excluding hydrogens is 1210 g/mol. The van der Waals surface area contributed by atoms with Crippen LogP contribution >= 0.6 is 15.6 Å². The molecule has 0 saturated carbocycles. The predicted octanol–water partition coefficient (Wildman–Crippen LogP) is 21.3. The van der Waals surface area contributed by atoms with Crippen LogP contribution in [0.15, 0.2) is 0 Å². The average Bonchev–Trinajstić information content (AvgIpc) is 3.06. The summed E-state index contributed by atoms with van der Waals surface area (Å²) >= 11 is 0. The second kappa shape index (κ2) is 66.3. The Bertz CT molecular complexity index is 1770. The largest absolute Gasteiger partial charge is 0.472 e. The number of unbranched alkanes of at least 4 members (excludes halogenated alkanes) is 44. The Morgan fingerprint density at radius 2 is 0.522 bits per heavy atom. The summed E-state index contributed by atoms with van der Waals surface area (Å²) in [5, 5.41) is 10.6. The highest BCUT2D eigenvalue weighted by molar-refractivity contribution is 7.47. The van der Waals surface area contributed by atoms with Crippen molar-refractivity contribution in [3.63, 3.8) is 0 Å². The summed E-state index contributed by atoms with van der Waals surface area (Å²) in [5.74, 6) is -1.31. The Hall–Kier alpha value is -1.94. The van der Waals surface area contributed by atoms with Crippen molar-refractivity contribution >= 4 is 39.5 Å². The molecule has 0 heterocycles. The zero-order valence-electron chi connectivity index (χ0n) is 59.7. The van der Waals surface area contributed by atoms with Crippen LogP contribution in [0.25, 0.3) is 0 Å². The fraction of sp³-hybridized carbons (Fsp3) is 0.945. The number of esters is 4. The third-order valence-electron chi connectivity index (χ3n) is 17.4. The number of aliphatic hydroxyl groups excluding tert-OH is 1. The molecule has 17 nitrogen and oxygen atoms in total. The number of carbonyl (C=O) groups is 4. The van der Waals surface area contributed by atoms with Gasteiger partial charge in [0.15, 0.2) is 12.2 Å². The molecule has 0 aromatic heterocycles. The maximum absolute atomic E-state index is 13.0. The molecule has 6 atom stereocenters. The van der Waals surface area contributed by atoms with Gasteiger partial charge in [-0.2, -0.15) is 0 Å². The van der Waals surface area contributed by atoms with Crippen molar-refractivity contribution in [3.05, 3.63) is 0 Å². The summed E-state index contributed by atoms with van der Waals surface area (Å²) in [5.41, 5.74) is 0. The van der Waals surface area contributed by atoms with Gasteiger partial charge < -0.3 is 33.8 Å². The monoisotopic (exact) mass is 1350 g/mol. The van der Waals surface area contributed by atoms with E-state index in [0.717, 1.165) is 95.8 Å². The van der Waals surface area contributed by atoms with Crippen LogP contribution in [-0.2, 0) is 65.4 Å². The molecule has 0 bridgehead atoms. The van der Waals surface area contributed by atoms with Crippen LogP contribution in [0.4, 0.5) is 0 Å². The summed E-state index contributed by atoms with van der Waals surface area (Å²) in [6.45, 7) is 7.30. The van der Waals surface area contributed by atoms with E-state index in [0.29, 0.717) is 25.7 Å². The van der Waals surface area contributed by atoms with Crippen LogP contribution in [0, 0.1) is 5.92 Å². The van der Waals surface area contributed by atoms with E-state index in [-0.39, 0.29) is 25.7 Å². The van der Waals surface area contributed by atoms with Gasteiger partial charge in [0.2, 0.25) is 0 Å². The molecule has 0 saturated heterocycles. The van der Waals surface area contributed by atoms with Gasteiger partial charge in [0, 0.05) is 25.7 Å². The van der Waals surface area contributed by atoms with E-state index < -0.39 is 97.5 Å². The number of phosphoric ester groups is 2. The number of ether oxygens (including phenoxy) is 4. The first kappa shape index (κ1) is 90.1. The van der Waals surface area contributed by atoms with Gasteiger partial charge in [-0.05, 0) is 31.6 Å². The average molecular weight is 1350 g/mol. The molecule has 0 aliphatic heterocycles. The smallest absolute Gasteiger partial charge is 0.462 e. The van der Waals surface area contributed by atoms with Crippen LogP contribution in [0.1, 0.15) is 381 Å². The molecule has 0 rings (SSSR count). The van der Waals surface area contributed by atoms with Crippen molar-refractivity contribution in [2.75, 3.05) is 39.6 Å². The number of phosphoric acid groups is 2. The van der Waals surface area contributed by atoms with E-state index in [9.17, 15) is 43.2 Å². The molecule has 0 amide bonds.